The van der Waals surface area contributed by atoms with Gasteiger partial charge in [0.1, 0.15) is 5.75 Å². The van der Waals surface area contributed by atoms with Gasteiger partial charge in [0.05, 0.1) is 0 Å². The molecule has 0 spiro atoms. The maximum atomic E-state index is 9.93. The van der Waals surface area contributed by atoms with Crippen molar-refractivity contribution >= 4 is 0 Å². The van der Waals surface area contributed by atoms with E-state index in [0.717, 1.165) is 18.3 Å². The fourth-order valence-electron chi connectivity index (χ4n) is 7.65. The van der Waals surface area contributed by atoms with Gasteiger partial charge in [-0.3, -0.25) is 0 Å². The first-order valence-electron chi connectivity index (χ1n) is 12.1. The first-order chi connectivity index (χ1) is 15.1. The summed E-state index contributed by atoms with van der Waals surface area (Å²) in [4.78, 5) is 0. The SMILES string of the molecule is C[C@]12CC[C@@H]3c4ccc(O)cc4CC[C@H]3[C@@H]1CC[C@H]2c1ccc(-c2ccccc2)cc1. The molecule has 3 aromatic carbocycles. The highest BCUT2D eigenvalue weighted by Gasteiger charge is 2.54. The second-order valence-electron chi connectivity index (χ2n) is 10.5. The number of hydrogen-bond acceptors (Lipinski definition) is 1. The lowest BCUT2D eigenvalue weighted by atomic mass is 9.53. The standard InChI is InChI=1S/C30H32O/c1-30-18-17-26-25-14-12-24(31)19-23(25)11-13-27(26)29(30)16-15-28(30)22-9-7-21(8-10-22)20-5-3-2-4-6-20/h2-10,12,14,19,26-29,31H,11,13,15-18H2,1H3/t26-,27-,28+,29+,30-/m1/s1. The van der Waals surface area contributed by atoms with Crippen LogP contribution in [-0.2, 0) is 6.42 Å². The van der Waals surface area contributed by atoms with Crippen molar-refractivity contribution in [3.63, 3.8) is 0 Å². The second-order valence-corrected chi connectivity index (χ2v) is 10.5. The van der Waals surface area contributed by atoms with Crippen molar-refractivity contribution in [1.82, 2.24) is 0 Å². The molecule has 1 nitrogen and oxygen atoms in total. The summed E-state index contributed by atoms with van der Waals surface area (Å²) >= 11 is 0. The van der Waals surface area contributed by atoms with Gasteiger partial charge in [-0.2, -0.15) is 0 Å². The van der Waals surface area contributed by atoms with Crippen molar-refractivity contribution < 1.29 is 5.11 Å². The highest BCUT2D eigenvalue weighted by molar-refractivity contribution is 5.63. The maximum absolute atomic E-state index is 9.93. The molecule has 0 aromatic heterocycles. The predicted octanol–water partition coefficient (Wildman–Crippen LogP) is 7.70. The Labute approximate surface area is 186 Å². The van der Waals surface area contributed by atoms with Gasteiger partial charge in [-0.05, 0) is 108 Å². The lowest BCUT2D eigenvalue weighted by molar-refractivity contribution is 0.0482. The van der Waals surface area contributed by atoms with Crippen molar-refractivity contribution in [3.05, 3.63) is 89.5 Å². The van der Waals surface area contributed by atoms with Crippen LogP contribution in [0.2, 0.25) is 0 Å². The molecule has 1 N–H and O–H groups in total. The van der Waals surface area contributed by atoms with Gasteiger partial charge in [-0.1, -0.05) is 67.6 Å². The third-order valence-electron chi connectivity index (χ3n) is 9.13. The molecule has 0 aliphatic heterocycles. The van der Waals surface area contributed by atoms with E-state index in [4.69, 9.17) is 0 Å². The van der Waals surface area contributed by atoms with Crippen LogP contribution in [0.3, 0.4) is 0 Å². The van der Waals surface area contributed by atoms with Crippen molar-refractivity contribution in [2.45, 2.75) is 57.3 Å². The number of phenols is 1. The van der Waals surface area contributed by atoms with Gasteiger partial charge in [0.2, 0.25) is 0 Å². The number of fused-ring (bicyclic) bond motifs is 5. The van der Waals surface area contributed by atoms with E-state index in [1.165, 1.54) is 54.4 Å². The Morgan fingerprint density at radius 1 is 0.806 bits per heavy atom. The summed E-state index contributed by atoms with van der Waals surface area (Å²) in [6.07, 6.45) is 7.75. The summed E-state index contributed by atoms with van der Waals surface area (Å²) in [6.45, 7) is 2.60. The van der Waals surface area contributed by atoms with Gasteiger partial charge in [0.25, 0.3) is 0 Å². The summed E-state index contributed by atoms with van der Waals surface area (Å²) in [5, 5.41) is 9.93. The van der Waals surface area contributed by atoms with Crippen LogP contribution in [0.4, 0.5) is 0 Å². The minimum Gasteiger partial charge on any atom is -0.508 e. The summed E-state index contributed by atoms with van der Waals surface area (Å²) in [5.41, 5.74) is 7.52. The third kappa shape index (κ3) is 3.04. The molecule has 0 amide bonds. The molecule has 2 fully saturated rings. The van der Waals surface area contributed by atoms with Crippen molar-refractivity contribution in [2.75, 3.05) is 0 Å². The number of hydrogen-bond donors (Lipinski definition) is 1. The first-order valence-corrected chi connectivity index (χ1v) is 12.1. The highest BCUT2D eigenvalue weighted by atomic mass is 16.3. The van der Waals surface area contributed by atoms with E-state index in [1.54, 1.807) is 5.56 Å². The number of aryl methyl sites for hydroxylation is 1. The Morgan fingerprint density at radius 3 is 2.39 bits per heavy atom. The number of phenolic OH excluding ortho intramolecular Hbond substituents is 1. The zero-order chi connectivity index (χ0) is 21.0. The van der Waals surface area contributed by atoms with Gasteiger partial charge in [-0.15, -0.1) is 0 Å². The van der Waals surface area contributed by atoms with Gasteiger partial charge in [0.15, 0.2) is 0 Å². The molecule has 158 valence electrons. The van der Waals surface area contributed by atoms with Crippen LogP contribution in [0, 0.1) is 17.3 Å². The molecule has 0 bridgehead atoms. The zero-order valence-electron chi connectivity index (χ0n) is 18.4. The Hall–Kier alpha value is -2.54. The summed E-state index contributed by atoms with van der Waals surface area (Å²) in [6, 6.07) is 26.3. The molecule has 5 atom stereocenters. The fraction of sp³-hybridized carbons (Fsp3) is 0.400. The predicted molar refractivity (Wildman–Crippen MR) is 127 cm³/mol. The molecule has 3 aliphatic rings. The van der Waals surface area contributed by atoms with Crippen LogP contribution in [-0.4, -0.2) is 5.11 Å². The Balaban J connectivity index is 1.27. The van der Waals surface area contributed by atoms with Crippen molar-refractivity contribution in [2.24, 2.45) is 17.3 Å². The van der Waals surface area contributed by atoms with Gasteiger partial charge >= 0.3 is 0 Å². The van der Waals surface area contributed by atoms with Crippen molar-refractivity contribution in [1.29, 1.82) is 0 Å². The van der Waals surface area contributed by atoms with Crippen LogP contribution in [0.15, 0.2) is 72.8 Å². The van der Waals surface area contributed by atoms with E-state index in [-0.39, 0.29) is 0 Å². The molecular weight excluding hydrogens is 376 g/mol. The maximum Gasteiger partial charge on any atom is 0.115 e. The lowest BCUT2D eigenvalue weighted by Crippen LogP contribution is -2.41. The molecule has 0 unspecified atom stereocenters. The quantitative estimate of drug-likeness (QED) is 0.460. The van der Waals surface area contributed by atoms with Crippen LogP contribution in [0.25, 0.3) is 11.1 Å². The number of rotatable bonds is 2. The highest BCUT2D eigenvalue weighted by Crippen LogP contribution is 2.65. The minimum atomic E-state index is 0.420. The number of aromatic hydroxyl groups is 1. The van der Waals surface area contributed by atoms with Gasteiger partial charge < -0.3 is 5.11 Å². The molecule has 1 heteroatoms. The molecular formula is C30H32O. The minimum absolute atomic E-state index is 0.420. The number of benzene rings is 3. The molecule has 2 saturated carbocycles. The first kappa shape index (κ1) is 19.2. The lowest BCUT2D eigenvalue weighted by Gasteiger charge is -2.51. The van der Waals surface area contributed by atoms with Crippen molar-refractivity contribution in [3.8, 4) is 16.9 Å². The molecule has 0 radical (unpaired) electrons. The van der Waals surface area contributed by atoms with E-state index < -0.39 is 0 Å². The molecule has 3 aliphatic carbocycles. The molecule has 31 heavy (non-hydrogen) atoms. The Morgan fingerprint density at radius 2 is 1.58 bits per heavy atom. The molecule has 0 saturated heterocycles. The zero-order valence-corrected chi connectivity index (χ0v) is 18.4. The normalized spacial score (nSPS) is 31.5. The smallest absolute Gasteiger partial charge is 0.115 e. The van der Waals surface area contributed by atoms with E-state index in [0.29, 0.717) is 23.0 Å². The summed E-state index contributed by atoms with van der Waals surface area (Å²) in [7, 11) is 0. The largest absolute Gasteiger partial charge is 0.508 e. The Kier molecular flexibility index (Phi) is 4.49. The van der Waals surface area contributed by atoms with E-state index in [9.17, 15) is 5.11 Å². The Bertz CT molecular complexity index is 1080. The summed E-state index contributed by atoms with van der Waals surface area (Å²) < 4.78 is 0. The molecule has 0 heterocycles. The average Bonchev–Trinajstić information content (AvgIpc) is 3.16. The van der Waals surface area contributed by atoms with Crippen LogP contribution < -0.4 is 0 Å². The van der Waals surface area contributed by atoms with E-state index in [2.05, 4.69) is 67.6 Å². The van der Waals surface area contributed by atoms with Crippen LogP contribution >= 0.6 is 0 Å². The van der Waals surface area contributed by atoms with Crippen LogP contribution in [0.5, 0.6) is 5.75 Å². The molecule has 3 aromatic rings. The average molecular weight is 409 g/mol. The second kappa shape index (κ2) is 7.26. The van der Waals surface area contributed by atoms with Crippen LogP contribution in [0.1, 0.15) is 67.6 Å². The molecule has 6 rings (SSSR count). The van der Waals surface area contributed by atoms with E-state index >= 15 is 0 Å². The fourth-order valence-corrected chi connectivity index (χ4v) is 7.65. The monoisotopic (exact) mass is 408 g/mol. The van der Waals surface area contributed by atoms with Gasteiger partial charge in [0, 0.05) is 0 Å². The third-order valence-corrected chi connectivity index (χ3v) is 9.13. The van der Waals surface area contributed by atoms with E-state index in [1.807, 2.05) is 12.1 Å². The summed E-state index contributed by atoms with van der Waals surface area (Å²) in [5.74, 6) is 3.44. The topological polar surface area (TPSA) is 20.2 Å². The van der Waals surface area contributed by atoms with Gasteiger partial charge in [-0.25, -0.2) is 0 Å².